The Morgan fingerprint density at radius 3 is 2.56 bits per heavy atom. The van der Waals surface area contributed by atoms with E-state index in [1.54, 1.807) is 0 Å². The van der Waals surface area contributed by atoms with E-state index in [1.807, 2.05) is 45.0 Å². The molecule has 0 aliphatic heterocycles. The summed E-state index contributed by atoms with van der Waals surface area (Å²) in [5.41, 5.74) is 1.75. The number of rotatable bonds is 4. The Hall–Kier alpha value is -2.89. The normalized spacial score (nSPS) is 12.5. The van der Waals surface area contributed by atoms with Crippen molar-refractivity contribution in [1.82, 2.24) is 15.1 Å². The summed E-state index contributed by atoms with van der Waals surface area (Å²) in [5, 5.41) is 8.03. The Balaban J connectivity index is 1.95. The predicted octanol–water partition coefficient (Wildman–Crippen LogP) is 2.96. The van der Waals surface area contributed by atoms with Crippen LogP contribution in [0.1, 0.15) is 41.7 Å². The van der Waals surface area contributed by atoms with Gasteiger partial charge in [-0.25, -0.2) is 4.68 Å². The summed E-state index contributed by atoms with van der Waals surface area (Å²) in [6.45, 7) is 6.03. The number of fused-ring (bicyclic) bond motifs is 1. The van der Waals surface area contributed by atoms with Gasteiger partial charge >= 0.3 is 0 Å². The zero-order chi connectivity index (χ0) is 18.1. The van der Waals surface area contributed by atoms with Gasteiger partial charge in [-0.05, 0) is 25.0 Å². The highest BCUT2D eigenvalue weighted by Gasteiger charge is 2.26. The van der Waals surface area contributed by atoms with E-state index in [2.05, 4.69) is 10.4 Å². The smallest absolute Gasteiger partial charge is 0.272 e. The first-order valence-corrected chi connectivity index (χ1v) is 8.21. The molecule has 0 radical (unpaired) electrons. The second kappa shape index (κ2) is 6.55. The Morgan fingerprint density at radius 2 is 1.92 bits per heavy atom. The lowest BCUT2D eigenvalue weighted by Gasteiger charge is -2.21. The molecule has 0 bridgehead atoms. The third kappa shape index (κ3) is 3.20. The number of para-hydroxylation sites is 1. The molecule has 0 spiro atoms. The number of carbonyl (C=O) groups excluding carboxylic acids is 1. The number of nitrogens with zero attached hydrogens (tertiary/aromatic N) is 2. The summed E-state index contributed by atoms with van der Waals surface area (Å²) in [6.07, 6.45) is 0. The first-order chi connectivity index (χ1) is 11.9. The summed E-state index contributed by atoms with van der Waals surface area (Å²) >= 11 is 0. The first kappa shape index (κ1) is 17.0. The molecule has 25 heavy (non-hydrogen) atoms. The molecule has 0 aliphatic rings. The van der Waals surface area contributed by atoms with Crippen LogP contribution in [0.5, 0.6) is 0 Å². The molecule has 130 valence electrons. The topological polar surface area (TPSA) is 77.1 Å². The maximum Gasteiger partial charge on any atom is 0.272 e. The highest BCUT2D eigenvalue weighted by molar-refractivity contribution is 5.92. The molecule has 1 unspecified atom stereocenters. The van der Waals surface area contributed by atoms with E-state index >= 15 is 0 Å². The third-order valence-electron chi connectivity index (χ3n) is 4.31. The molecule has 1 N–H and O–H groups in total. The van der Waals surface area contributed by atoms with Gasteiger partial charge in [-0.3, -0.25) is 9.59 Å². The number of aromatic nitrogens is 2. The van der Waals surface area contributed by atoms with E-state index in [0.29, 0.717) is 0 Å². The zero-order valence-corrected chi connectivity index (χ0v) is 14.7. The van der Waals surface area contributed by atoms with Gasteiger partial charge in [0.2, 0.25) is 0 Å². The molecule has 2 aromatic heterocycles. The number of carbonyl (C=O) groups is 1. The number of hydrogen-bond acceptors (Lipinski definition) is 4. The van der Waals surface area contributed by atoms with Gasteiger partial charge in [0.1, 0.15) is 17.0 Å². The van der Waals surface area contributed by atoms with E-state index in [1.165, 1.54) is 19.2 Å². The fourth-order valence-corrected chi connectivity index (χ4v) is 2.86. The maximum absolute atomic E-state index is 12.6. The van der Waals surface area contributed by atoms with E-state index < -0.39 is 0 Å². The van der Waals surface area contributed by atoms with Crippen molar-refractivity contribution in [3.63, 3.8) is 0 Å². The third-order valence-corrected chi connectivity index (χ3v) is 4.31. The van der Waals surface area contributed by atoms with Crippen LogP contribution in [-0.4, -0.2) is 15.7 Å². The highest BCUT2D eigenvalue weighted by Crippen LogP contribution is 2.32. The summed E-state index contributed by atoms with van der Waals surface area (Å²) in [4.78, 5) is 24.0. The van der Waals surface area contributed by atoms with Crippen LogP contribution >= 0.6 is 0 Å². The van der Waals surface area contributed by atoms with Gasteiger partial charge in [-0.15, -0.1) is 0 Å². The van der Waals surface area contributed by atoms with Crippen LogP contribution < -0.4 is 10.9 Å². The lowest BCUT2D eigenvalue weighted by Crippen LogP contribution is -2.34. The number of aryl methyl sites for hydroxylation is 2. The van der Waals surface area contributed by atoms with Crippen LogP contribution in [0.2, 0.25) is 0 Å². The quantitative estimate of drug-likeness (QED) is 0.793. The van der Waals surface area contributed by atoms with Crippen molar-refractivity contribution < 1.29 is 9.21 Å². The molecular weight excluding hydrogens is 318 g/mol. The minimum absolute atomic E-state index is 0.121. The van der Waals surface area contributed by atoms with Crippen LogP contribution in [0.4, 0.5) is 0 Å². The van der Waals surface area contributed by atoms with Crippen molar-refractivity contribution >= 4 is 16.9 Å². The number of amides is 1. The first-order valence-electron chi connectivity index (χ1n) is 8.21. The molecule has 0 saturated heterocycles. The Kier molecular flexibility index (Phi) is 4.44. The van der Waals surface area contributed by atoms with Crippen molar-refractivity contribution in [1.29, 1.82) is 0 Å². The fraction of sp³-hybridized carbons (Fsp3) is 0.316. The summed E-state index contributed by atoms with van der Waals surface area (Å²) in [7, 11) is 1.52. The largest absolute Gasteiger partial charge is 0.459 e. The van der Waals surface area contributed by atoms with Gasteiger partial charge < -0.3 is 9.73 Å². The standard InChI is InChI=1S/C19H21N3O3/c1-11(2)17(18-12(3)13-7-5-6-8-15(13)25-18)20-19(24)14-9-10-16(23)22(4)21-14/h5-11,17H,1-4H3,(H,20,24). The van der Waals surface area contributed by atoms with Gasteiger partial charge in [-0.2, -0.15) is 5.10 Å². The summed E-state index contributed by atoms with van der Waals surface area (Å²) in [5.74, 6) is 0.527. The summed E-state index contributed by atoms with van der Waals surface area (Å²) in [6, 6.07) is 10.3. The van der Waals surface area contributed by atoms with Crippen molar-refractivity contribution in [2.24, 2.45) is 13.0 Å². The average molecular weight is 339 g/mol. The molecule has 1 atom stereocenters. The molecule has 2 heterocycles. The SMILES string of the molecule is Cc1c(C(NC(=O)c2ccc(=O)n(C)n2)C(C)C)oc2ccccc12. The van der Waals surface area contributed by atoms with Gasteiger partial charge in [-0.1, -0.05) is 32.0 Å². The van der Waals surface area contributed by atoms with Crippen LogP contribution in [0.3, 0.4) is 0 Å². The number of nitrogens with one attached hydrogen (secondary N) is 1. The molecule has 1 aromatic carbocycles. The lowest BCUT2D eigenvalue weighted by atomic mass is 9.98. The average Bonchev–Trinajstić information content (AvgIpc) is 2.91. The van der Waals surface area contributed by atoms with Crippen molar-refractivity contribution in [2.75, 3.05) is 0 Å². The second-order valence-corrected chi connectivity index (χ2v) is 6.46. The Bertz CT molecular complexity index is 985. The zero-order valence-electron chi connectivity index (χ0n) is 14.7. The molecular formula is C19H21N3O3. The van der Waals surface area contributed by atoms with Crippen molar-refractivity contribution in [3.05, 3.63) is 63.8 Å². The van der Waals surface area contributed by atoms with Gasteiger partial charge in [0.05, 0.1) is 6.04 Å². The van der Waals surface area contributed by atoms with Crippen molar-refractivity contribution in [3.8, 4) is 0 Å². The molecule has 0 aliphatic carbocycles. The van der Waals surface area contributed by atoms with Crippen LogP contribution in [0.15, 0.2) is 45.6 Å². The molecule has 0 fully saturated rings. The minimum Gasteiger partial charge on any atom is -0.459 e. The van der Waals surface area contributed by atoms with Crippen LogP contribution in [-0.2, 0) is 7.05 Å². The minimum atomic E-state index is -0.339. The van der Waals surface area contributed by atoms with E-state index in [4.69, 9.17) is 4.42 Å². The molecule has 3 aromatic rings. The van der Waals surface area contributed by atoms with E-state index in [9.17, 15) is 9.59 Å². The van der Waals surface area contributed by atoms with Gasteiger partial charge in [0, 0.05) is 24.1 Å². The number of benzene rings is 1. The molecule has 1 amide bonds. The van der Waals surface area contributed by atoms with Gasteiger partial charge in [0.25, 0.3) is 11.5 Å². The monoisotopic (exact) mass is 339 g/mol. The maximum atomic E-state index is 12.6. The highest BCUT2D eigenvalue weighted by atomic mass is 16.3. The van der Waals surface area contributed by atoms with Crippen LogP contribution in [0, 0.1) is 12.8 Å². The molecule has 0 saturated carbocycles. The molecule has 6 heteroatoms. The predicted molar refractivity (Wildman–Crippen MR) is 95.5 cm³/mol. The van der Waals surface area contributed by atoms with Crippen molar-refractivity contribution in [2.45, 2.75) is 26.8 Å². The van der Waals surface area contributed by atoms with Crippen LogP contribution in [0.25, 0.3) is 11.0 Å². The number of hydrogen-bond donors (Lipinski definition) is 1. The molecule has 6 nitrogen and oxygen atoms in total. The lowest BCUT2D eigenvalue weighted by molar-refractivity contribution is 0.0911. The fourth-order valence-electron chi connectivity index (χ4n) is 2.86. The Morgan fingerprint density at radius 1 is 1.20 bits per heavy atom. The Labute approximate surface area is 145 Å². The van der Waals surface area contributed by atoms with E-state index in [0.717, 1.165) is 27.0 Å². The second-order valence-electron chi connectivity index (χ2n) is 6.46. The van der Waals surface area contributed by atoms with Gasteiger partial charge in [0.15, 0.2) is 0 Å². The summed E-state index contributed by atoms with van der Waals surface area (Å²) < 4.78 is 7.16. The molecule has 3 rings (SSSR count). The van der Waals surface area contributed by atoms with E-state index in [-0.39, 0.29) is 29.1 Å². The number of furan rings is 1.